The average molecular weight is 293 g/mol. The molecule has 0 aliphatic heterocycles. The molecule has 0 radical (unpaired) electrons. The van der Waals surface area contributed by atoms with E-state index in [1.54, 1.807) is 18.2 Å². The number of esters is 1. The smallest absolute Gasteiger partial charge is 0.340 e. The Hall–Kier alpha value is -1.75. The zero-order chi connectivity index (χ0) is 15.7. The van der Waals surface area contributed by atoms with Gasteiger partial charge in [-0.25, -0.2) is 4.79 Å². The Morgan fingerprint density at radius 3 is 2.43 bits per heavy atom. The number of nitrogen functional groups attached to an aromatic ring is 2. The molecule has 4 N–H and O–H groups in total. The molecule has 5 nitrogen and oxygen atoms in total. The second kappa shape index (κ2) is 9.23. The van der Waals surface area contributed by atoms with Gasteiger partial charge in [-0.05, 0) is 44.5 Å². The van der Waals surface area contributed by atoms with Crippen LogP contribution in [-0.2, 0) is 4.74 Å². The van der Waals surface area contributed by atoms with Crippen LogP contribution in [0.25, 0.3) is 0 Å². The van der Waals surface area contributed by atoms with Crippen molar-refractivity contribution in [2.75, 3.05) is 37.7 Å². The largest absolute Gasteiger partial charge is 0.462 e. The van der Waals surface area contributed by atoms with Gasteiger partial charge in [-0.1, -0.05) is 19.9 Å². The highest BCUT2D eigenvalue weighted by molar-refractivity contribution is 5.97. The van der Waals surface area contributed by atoms with Crippen LogP contribution in [0.4, 0.5) is 11.4 Å². The average Bonchev–Trinajstić information content (AvgIpc) is 2.46. The van der Waals surface area contributed by atoms with Gasteiger partial charge in [-0.3, -0.25) is 0 Å². The highest BCUT2D eigenvalue weighted by atomic mass is 16.5. The minimum Gasteiger partial charge on any atom is -0.462 e. The normalized spacial score (nSPS) is 10.8. The number of carbonyl (C=O) groups is 1. The van der Waals surface area contributed by atoms with Gasteiger partial charge in [0, 0.05) is 6.54 Å². The second-order valence-corrected chi connectivity index (χ2v) is 5.14. The summed E-state index contributed by atoms with van der Waals surface area (Å²) in [6.07, 6.45) is 3.10. The van der Waals surface area contributed by atoms with Crippen LogP contribution in [0, 0.1) is 0 Å². The summed E-state index contributed by atoms with van der Waals surface area (Å²) in [6, 6.07) is 5.00. The zero-order valence-electron chi connectivity index (χ0n) is 13.1. The van der Waals surface area contributed by atoms with E-state index in [1.165, 1.54) is 0 Å². The van der Waals surface area contributed by atoms with Crippen molar-refractivity contribution < 1.29 is 9.53 Å². The van der Waals surface area contributed by atoms with Crippen LogP contribution in [-0.4, -0.2) is 37.1 Å². The Labute approximate surface area is 127 Å². The van der Waals surface area contributed by atoms with Gasteiger partial charge >= 0.3 is 5.97 Å². The maximum absolute atomic E-state index is 11.9. The fourth-order valence-electron chi connectivity index (χ4n) is 2.26. The van der Waals surface area contributed by atoms with E-state index in [4.69, 9.17) is 16.2 Å². The maximum Gasteiger partial charge on any atom is 0.340 e. The van der Waals surface area contributed by atoms with Gasteiger partial charge in [0.25, 0.3) is 0 Å². The number of benzene rings is 1. The molecule has 0 amide bonds. The molecule has 0 unspecified atom stereocenters. The quantitative estimate of drug-likeness (QED) is 0.415. The predicted molar refractivity (Wildman–Crippen MR) is 87.2 cm³/mol. The molecule has 0 bridgehead atoms. The summed E-state index contributed by atoms with van der Waals surface area (Å²) >= 11 is 0. The molecule has 21 heavy (non-hydrogen) atoms. The number of ether oxygens (including phenoxy) is 1. The van der Waals surface area contributed by atoms with Crippen molar-refractivity contribution in [3.05, 3.63) is 23.8 Å². The van der Waals surface area contributed by atoms with Crippen molar-refractivity contribution in [1.29, 1.82) is 0 Å². The molecule has 5 heteroatoms. The van der Waals surface area contributed by atoms with Crippen molar-refractivity contribution in [2.24, 2.45) is 0 Å². The van der Waals surface area contributed by atoms with Crippen LogP contribution in [0.15, 0.2) is 18.2 Å². The number of nitrogens with zero attached hydrogens (tertiary/aromatic N) is 1. The van der Waals surface area contributed by atoms with E-state index in [9.17, 15) is 4.79 Å². The van der Waals surface area contributed by atoms with Crippen molar-refractivity contribution in [1.82, 2.24) is 4.90 Å². The molecule has 0 aromatic heterocycles. The van der Waals surface area contributed by atoms with E-state index in [1.807, 2.05) is 0 Å². The summed E-state index contributed by atoms with van der Waals surface area (Å²) in [5.74, 6) is -0.405. The molecular weight excluding hydrogens is 266 g/mol. The molecule has 0 aliphatic rings. The maximum atomic E-state index is 11.9. The number of anilines is 2. The molecule has 1 rings (SSSR count). The highest BCUT2D eigenvalue weighted by Crippen LogP contribution is 2.20. The Morgan fingerprint density at radius 1 is 1.14 bits per heavy atom. The SMILES string of the molecule is CCCN(CCC)CCCOC(=O)c1cccc(N)c1N. The standard InChI is InChI=1S/C16H27N3O2/c1-3-9-19(10-4-2)11-6-12-21-16(20)13-7-5-8-14(17)15(13)18/h5,7-8H,3-4,6,9-12,17-18H2,1-2H3. The summed E-state index contributed by atoms with van der Waals surface area (Å²) < 4.78 is 5.27. The predicted octanol–water partition coefficient (Wildman–Crippen LogP) is 2.52. The van der Waals surface area contributed by atoms with Crippen LogP contribution in [0.1, 0.15) is 43.5 Å². The Kier molecular flexibility index (Phi) is 7.61. The molecule has 0 fully saturated rings. The first-order chi connectivity index (χ1) is 10.1. The number of para-hydroxylation sites is 1. The summed E-state index contributed by atoms with van der Waals surface area (Å²) in [6.45, 7) is 7.86. The second-order valence-electron chi connectivity index (χ2n) is 5.14. The number of carbonyl (C=O) groups excluding carboxylic acids is 1. The first kappa shape index (κ1) is 17.3. The van der Waals surface area contributed by atoms with Crippen LogP contribution in [0.5, 0.6) is 0 Å². The third kappa shape index (κ3) is 5.63. The third-order valence-electron chi connectivity index (χ3n) is 3.29. The van der Waals surface area contributed by atoms with Crippen LogP contribution < -0.4 is 11.5 Å². The molecule has 0 saturated heterocycles. The van der Waals surface area contributed by atoms with Gasteiger partial charge in [-0.2, -0.15) is 0 Å². The van der Waals surface area contributed by atoms with Gasteiger partial charge < -0.3 is 21.1 Å². The molecule has 118 valence electrons. The summed E-state index contributed by atoms with van der Waals surface area (Å²) in [4.78, 5) is 14.3. The van der Waals surface area contributed by atoms with E-state index in [0.29, 0.717) is 23.5 Å². The first-order valence-corrected chi connectivity index (χ1v) is 7.63. The lowest BCUT2D eigenvalue weighted by Crippen LogP contribution is -2.27. The lowest BCUT2D eigenvalue weighted by molar-refractivity contribution is 0.0489. The molecule has 0 spiro atoms. The fraction of sp³-hybridized carbons (Fsp3) is 0.562. The Bertz CT molecular complexity index is 443. The van der Waals surface area contributed by atoms with Crippen LogP contribution >= 0.6 is 0 Å². The topological polar surface area (TPSA) is 81.6 Å². The van der Waals surface area contributed by atoms with Gasteiger partial charge in [0.2, 0.25) is 0 Å². The van der Waals surface area contributed by atoms with Crippen molar-refractivity contribution in [2.45, 2.75) is 33.1 Å². The van der Waals surface area contributed by atoms with E-state index in [-0.39, 0.29) is 0 Å². The van der Waals surface area contributed by atoms with E-state index < -0.39 is 5.97 Å². The van der Waals surface area contributed by atoms with Gasteiger partial charge in [-0.15, -0.1) is 0 Å². The molecule has 0 aliphatic carbocycles. The third-order valence-corrected chi connectivity index (χ3v) is 3.29. The van der Waals surface area contributed by atoms with Crippen LogP contribution in [0.3, 0.4) is 0 Å². The van der Waals surface area contributed by atoms with Crippen LogP contribution in [0.2, 0.25) is 0 Å². The van der Waals surface area contributed by atoms with Crippen molar-refractivity contribution in [3.63, 3.8) is 0 Å². The van der Waals surface area contributed by atoms with E-state index >= 15 is 0 Å². The number of hydrogen-bond acceptors (Lipinski definition) is 5. The molecule has 1 aromatic carbocycles. The molecule has 0 atom stereocenters. The van der Waals surface area contributed by atoms with E-state index in [2.05, 4.69) is 18.7 Å². The number of rotatable bonds is 9. The van der Waals surface area contributed by atoms with Gasteiger partial charge in [0.15, 0.2) is 0 Å². The monoisotopic (exact) mass is 293 g/mol. The summed E-state index contributed by atoms with van der Waals surface area (Å²) in [5, 5.41) is 0. The molecular formula is C16H27N3O2. The lowest BCUT2D eigenvalue weighted by atomic mass is 10.1. The molecule has 0 saturated carbocycles. The van der Waals surface area contributed by atoms with Gasteiger partial charge in [0.1, 0.15) is 0 Å². The molecule has 0 heterocycles. The minimum absolute atomic E-state index is 0.293. The Morgan fingerprint density at radius 2 is 1.81 bits per heavy atom. The number of hydrogen-bond donors (Lipinski definition) is 2. The number of nitrogens with two attached hydrogens (primary N) is 2. The fourth-order valence-corrected chi connectivity index (χ4v) is 2.26. The van der Waals surface area contributed by atoms with Crippen molar-refractivity contribution >= 4 is 17.3 Å². The minimum atomic E-state index is -0.405. The zero-order valence-corrected chi connectivity index (χ0v) is 13.1. The summed E-state index contributed by atoms with van der Waals surface area (Å²) in [7, 11) is 0. The van der Waals surface area contributed by atoms with Gasteiger partial charge in [0.05, 0.1) is 23.5 Å². The van der Waals surface area contributed by atoms with E-state index in [0.717, 1.165) is 38.9 Å². The molecule has 1 aromatic rings. The lowest BCUT2D eigenvalue weighted by Gasteiger charge is -2.20. The first-order valence-electron chi connectivity index (χ1n) is 7.63. The Balaban J connectivity index is 2.38. The highest BCUT2D eigenvalue weighted by Gasteiger charge is 2.12. The van der Waals surface area contributed by atoms with Crippen molar-refractivity contribution in [3.8, 4) is 0 Å². The summed E-state index contributed by atoms with van der Waals surface area (Å²) in [5.41, 5.74) is 12.5.